The molecule has 3 aromatic rings. The number of rotatable bonds is 8. The summed E-state index contributed by atoms with van der Waals surface area (Å²) in [6.45, 7) is 6.58. The summed E-state index contributed by atoms with van der Waals surface area (Å²) in [6.07, 6.45) is 1.57. The second-order valence-corrected chi connectivity index (χ2v) is 8.35. The maximum absolute atomic E-state index is 12.3. The Hall–Kier alpha value is -3.39. The zero-order chi connectivity index (χ0) is 21.6. The molecule has 0 fully saturated rings. The van der Waals surface area contributed by atoms with Gasteiger partial charge in [-0.1, -0.05) is 29.8 Å². The molecule has 0 aliphatic carbocycles. The number of sulfonamides is 1. The standard InChI is InChI=1S/C22H25N5O2S/c1-4-23-21-15-22(25-17(3)24-21)26-19-9-11-20(12-10-19)27-30(28,29)14-13-18-7-5-16(2)6-8-18/h5-15,27H,4H2,1-3H3,(H2,23,24,25,26)/b14-13+. The van der Waals surface area contributed by atoms with E-state index < -0.39 is 10.0 Å². The average molecular weight is 424 g/mol. The molecule has 0 aliphatic rings. The summed E-state index contributed by atoms with van der Waals surface area (Å²) in [5.74, 6) is 2.06. The molecule has 0 amide bonds. The molecule has 0 aliphatic heterocycles. The Kier molecular flexibility index (Phi) is 6.68. The molecule has 8 heteroatoms. The molecule has 30 heavy (non-hydrogen) atoms. The van der Waals surface area contributed by atoms with Gasteiger partial charge >= 0.3 is 0 Å². The monoisotopic (exact) mass is 423 g/mol. The molecule has 0 saturated heterocycles. The van der Waals surface area contributed by atoms with Crippen LogP contribution in [0.25, 0.3) is 6.08 Å². The van der Waals surface area contributed by atoms with Crippen molar-refractivity contribution in [3.05, 3.63) is 77.0 Å². The minimum atomic E-state index is -3.61. The Morgan fingerprint density at radius 1 is 0.900 bits per heavy atom. The van der Waals surface area contributed by atoms with Crippen molar-refractivity contribution in [2.45, 2.75) is 20.8 Å². The first-order valence-electron chi connectivity index (χ1n) is 9.57. The molecule has 3 N–H and O–H groups in total. The first kappa shape index (κ1) is 21.3. The lowest BCUT2D eigenvalue weighted by atomic mass is 10.2. The van der Waals surface area contributed by atoms with Gasteiger partial charge in [-0.3, -0.25) is 4.72 Å². The van der Waals surface area contributed by atoms with E-state index in [-0.39, 0.29) is 0 Å². The molecule has 1 aromatic heterocycles. The van der Waals surface area contributed by atoms with Crippen LogP contribution in [-0.2, 0) is 10.0 Å². The number of aromatic nitrogens is 2. The van der Waals surface area contributed by atoms with Gasteiger partial charge in [-0.2, -0.15) is 0 Å². The van der Waals surface area contributed by atoms with Gasteiger partial charge in [-0.15, -0.1) is 0 Å². The third-order valence-electron chi connectivity index (χ3n) is 4.13. The van der Waals surface area contributed by atoms with E-state index in [0.717, 1.165) is 34.6 Å². The van der Waals surface area contributed by atoms with Crippen molar-refractivity contribution < 1.29 is 8.42 Å². The van der Waals surface area contributed by atoms with E-state index in [4.69, 9.17) is 0 Å². The molecule has 3 rings (SSSR count). The summed E-state index contributed by atoms with van der Waals surface area (Å²) >= 11 is 0. The summed E-state index contributed by atoms with van der Waals surface area (Å²) in [4.78, 5) is 8.69. The lowest BCUT2D eigenvalue weighted by Gasteiger charge is -2.10. The highest BCUT2D eigenvalue weighted by Gasteiger charge is 2.07. The maximum Gasteiger partial charge on any atom is 0.255 e. The van der Waals surface area contributed by atoms with Crippen LogP contribution >= 0.6 is 0 Å². The second-order valence-electron chi connectivity index (χ2n) is 6.78. The first-order chi connectivity index (χ1) is 14.3. The summed E-state index contributed by atoms with van der Waals surface area (Å²) in [7, 11) is -3.61. The molecule has 0 spiro atoms. The normalized spacial score (nSPS) is 11.4. The van der Waals surface area contributed by atoms with Crippen molar-refractivity contribution in [3.63, 3.8) is 0 Å². The summed E-state index contributed by atoms with van der Waals surface area (Å²) < 4.78 is 27.2. The Morgan fingerprint density at radius 2 is 1.53 bits per heavy atom. The van der Waals surface area contributed by atoms with Gasteiger partial charge in [-0.05, 0) is 56.7 Å². The van der Waals surface area contributed by atoms with Gasteiger partial charge < -0.3 is 10.6 Å². The van der Waals surface area contributed by atoms with Crippen LogP contribution in [-0.4, -0.2) is 24.9 Å². The topological polar surface area (TPSA) is 96.0 Å². The van der Waals surface area contributed by atoms with Crippen LogP contribution in [0.4, 0.5) is 23.0 Å². The molecule has 0 unspecified atom stereocenters. The smallest absolute Gasteiger partial charge is 0.255 e. The quantitative estimate of drug-likeness (QED) is 0.487. The van der Waals surface area contributed by atoms with Crippen LogP contribution in [0.15, 0.2) is 60.0 Å². The molecule has 2 aromatic carbocycles. The van der Waals surface area contributed by atoms with Crippen molar-refractivity contribution in [2.24, 2.45) is 0 Å². The zero-order valence-corrected chi connectivity index (χ0v) is 18.0. The van der Waals surface area contributed by atoms with Crippen molar-refractivity contribution >= 4 is 39.1 Å². The van der Waals surface area contributed by atoms with Crippen LogP contribution in [0.3, 0.4) is 0 Å². The minimum Gasteiger partial charge on any atom is -0.370 e. The SMILES string of the molecule is CCNc1cc(Nc2ccc(NS(=O)(=O)/C=C/c3ccc(C)cc3)cc2)nc(C)n1. The Labute approximate surface area is 177 Å². The summed E-state index contributed by atoms with van der Waals surface area (Å²) in [5, 5.41) is 7.53. The second kappa shape index (κ2) is 9.41. The highest BCUT2D eigenvalue weighted by Crippen LogP contribution is 2.20. The number of benzene rings is 2. The Balaban J connectivity index is 1.66. The van der Waals surface area contributed by atoms with Crippen LogP contribution in [0, 0.1) is 13.8 Å². The lowest BCUT2D eigenvalue weighted by Crippen LogP contribution is -2.08. The van der Waals surface area contributed by atoms with E-state index in [1.807, 2.05) is 51.1 Å². The molecule has 0 bridgehead atoms. The molecule has 0 radical (unpaired) electrons. The van der Waals surface area contributed by atoms with E-state index in [2.05, 4.69) is 25.3 Å². The fraction of sp³-hybridized carbons (Fsp3) is 0.182. The third kappa shape index (κ3) is 6.31. The predicted molar refractivity (Wildman–Crippen MR) is 123 cm³/mol. The van der Waals surface area contributed by atoms with Gasteiger partial charge in [0.05, 0.1) is 5.41 Å². The van der Waals surface area contributed by atoms with E-state index in [0.29, 0.717) is 17.3 Å². The number of anilines is 4. The zero-order valence-electron chi connectivity index (χ0n) is 17.2. The van der Waals surface area contributed by atoms with E-state index in [9.17, 15) is 8.42 Å². The van der Waals surface area contributed by atoms with Crippen molar-refractivity contribution in [3.8, 4) is 0 Å². The highest BCUT2D eigenvalue weighted by molar-refractivity contribution is 7.95. The van der Waals surface area contributed by atoms with Gasteiger partial charge in [0.1, 0.15) is 17.5 Å². The number of hydrogen-bond donors (Lipinski definition) is 3. The van der Waals surface area contributed by atoms with Gasteiger partial charge in [0, 0.05) is 24.0 Å². The van der Waals surface area contributed by atoms with Crippen LogP contribution < -0.4 is 15.4 Å². The van der Waals surface area contributed by atoms with Crippen LogP contribution in [0.1, 0.15) is 23.9 Å². The van der Waals surface area contributed by atoms with Crippen LogP contribution in [0.2, 0.25) is 0 Å². The van der Waals surface area contributed by atoms with Gasteiger partial charge in [-0.25, -0.2) is 18.4 Å². The lowest BCUT2D eigenvalue weighted by molar-refractivity contribution is 0.609. The number of nitrogens with zero attached hydrogens (tertiary/aromatic N) is 2. The number of aryl methyl sites for hydroxylation is 2. The molecule has 7 nitrogen and oxygen atoms in total. The van der Waals surface area contributed by atoms with Gasteiger partial charge in [0.15, 0.2) is 0 Å². The summed E-state index contributed by atoms with van der Waals surface area (Å²) in [5.41, 5.74) is 3.20. The fourth-order valence-corrected chi connectivity index (χ4v) is 3.59. The number of hydrogen-bond acceptors (Lipinski definition) is 6. The Morgan fingerprint density at radius 3 is 2.20 bits per heavy atom. The van der Waals surface area contributed by atoms with Crippen molar-refractivity contribution in [1.29, 1.82) is 0 Å². The van der Waals surface area contributed by atoms with E-state index >= 15 is 0 Å². The van der Waals surface area contributed by atoms with Crippen molar-refractivity contribution in [1.82, 2.24) is 9.97 Å². The van der Waals surface area contributed by atoms with Gasteiger partial charge in [0.25, 0.3) is 10.0 Å². The molecule has 156 valence electrons. The molecule has 1 heterocycles. The van der Waals surface area contributed by atoms with E-state index in [1.165, 1.54) is 0 Å². The molecular weight excluding hydrogens is 398 g/mol. The largest absolute Gasteiger partial charge is 0.370 e. The molecular formula is C22H25N5O2S. The third-order valence-corrected chi connectivity index (χ3v) is 5.14. The molecule has 0 atom stereocenters. The Bertz CT molecular complexity index is 1130. The van der Waals surface area contributed by atoms with E-state index in [1.54, 1.807) is 30.3 Å². The predicted octanol–water partition coefficient (Wildman–Crippen LogP) is 4.68. The van der Waals surface area contributed by atoms with Crippen LogP contribution in [0.5, 0.6) is 0 Å². The van der Waals surface area contributed by atoms with Gasteiger partial charge in [0.2, 0.25) is 0 Å². The average Bonchev–Trinajstić information content (AvgIpc) is 2.69. The number of nitrogens with one attached hydrogen (secondary N) is 3. The van der Waals surface area contributed by atoms with Crippen molar-refractivity contribution in [2.75, 3.05) is 21.9 Å². The fourth-order valence-electron chi connectivity index (χ4n) is 2.72. The highest BCUT2D eigenvalue weighted by atomic mass is 32.2. The minimum absolute atomic E-state index is 0.473. The summed E-state index contributed by atoms with van der Waals surface area (Å²) in [6, 6.07) is 16.4. The first-order valence-corrected chi connectivity index (χ1v) is 11.1. The maximum atomic E-state index is 12.3. The molecule has 0 saturated carbocycles.